The van der Waals surface area contributed by atoms with Gasteiger partial charge >= 0.3 is 0 Å². The Labute approximate surface area is 146 Å². The predicted octanol–water partition coefficient (Wildman–Crippen LogP) is 3.30. The van der Waals surface area contributed by atoms with Gasteiger partial charge in [-0.05, 0) is 42.7 Å². The Balaban J connectivity index is 0.00000176. The topological polar surface area (TPSA) is 63.3 Å². The predicted molar refractivity (Wildman–Crippen MR) is 97.1 cm³/mol. The van der Waals surface area contributed by atoms with E-state index in [-0.39, 0.29) is 35.2 Å². The van der Waals surface area contributed by atoms with Crippen molar-refractivity contribution in [2.45, 2.75) is 18.3 Å². The number of hydrogen-bond donors (Lipinski definition) is 2. The molecule has 1 fully saturated rings. The second-order valence-corrected chi connectivity index (χ2v) is 5.33. The van der Waals surface area contributed by atoms with Crippen LogP contribution in [0.4, 0.5) is 10.2 Å². The second kappa shape index (κ2) is 7.04. The van der Waals surface area contributed by atoms with E-state index in [0.29, 0.717) is 18.3 Å². The average Bonchev–Trinajstić information content (AvgIpc) is 3.28. The average molecular weight is 412 g/mol. The summed E-state index contributed by atoms with van der Waals surface area (Å²) in [5.74, 6) is 0.807. The van der Waals surface area contributed by atoms with Gasteiger partial charge in [0, 0.05) is 11.6 Å². The van der Waals surface area contributed by atoms with Crippen molar-refractivity contribution in [2.24, 2.45) is 10.7 Å². The zero-order chi connectivity index (χ0) is 14.7. The van der Waals surface area contributed by atoms with Gasteiger partial charge < -0.3 is 11.1 Å². The number of aromatic nitrogens is 1. The fraction of sp³-hybridized carbons (Fsp3) is 0.250. The Morgan fingerprint density at radius 3 is 2.55 bits per heavy atom. The van der Waals surface area contributed by atoms with Crippen LogP contribution in [0, 0.1) is 5.82 Å². The molecule has 0 radical (unpaired) electrons. The Morgan fingerprint density at radius 2 is 1.95 bits per heavy atom. The lowest BCUT2D eigenvalue weighted by Gasteiger charge is -2.13. The van der Waals surface area contributed by atoms with Crippen LogP contribution in [0.2, 0.25) is 0 Å². The molecule has 1 saturated carbocycles. The molecule has 2 aromatic rings. The summed E-state index contributed by atoms with van der Waals surface area (Å²) in [5, 5.41) is 2.96. The number of aliphatic imine (C=N–C) groups is 1. The molecular weight excluding hydrogens is 394 g/mol. The van der Waals surface area contributed by atoms with Crippen LogP contribution in [0.1, 0.15) is 18.4 Å². The first-order valence-corrected chi connectivity index (χ1v) is 6.92. The van der Waals surface area contributed by atoms with Gasteiger partial charge in [0.05, 0.1) is 6.54 Å². The summed E-state index contributed by atoms with van der Waals surface area (Å²) in [7, 11) is 0. The molecule has 0 atom stereocenters. The first kappa shape index (κ1) is 16.7. The molecule has 6 heteroatoms. The summed E-state index contributed by atoms with van der Waals surface area (Å²) in [4.78, 5) is 8.54. The van der Waals surface area contributed by atoms with Gasteiger partial charge in [-0.25, -0.2) is 9.37 Å². The van der Waals surface area contributed by atoms with Crippen molar-refractivity contribution in [3.05, 3.63) is 60.0 Å². The number of halogens is 2. The molecule has 1 aromatic carbocycles. The van der Waals surface area contributed by atoms with Crippen molar-refractivity contribution in [3.8, 4) is 0 Å². The minimum atomic E-state index is -0.214. The molecule has 0 unspecified atom stereocenters. The number of nitrogens with zero attached hydrogens (tertiary/aromatic N) is 2. The highest BCUT2D eigenvalue weighted by molar-refractivity contribution is 14.0. The lowest BCUT2D eigenvalue weighted by molar-refractivity contribution is 0.623. The van der Waals surface area contributed by atoms with Gasteiger partial charge in [0.25, 0.3) is 0 Å². The molecule has 116 valence electrons. The first-order valence-electron chi connectivity index (χ1n) is 6.92. The van der Waals surface area contributed by atoms with Crippen molar-refractivity contribution >= 4 is 35.8 Å². The Bertz CT molecular complexity index is 639. The van der Waals surface area contributed by atoms with Crippen LogP contribution in [0.3, 0.4) is 0 Å². The molecule has 0 amide bonds. The quantitative estimate of drug-likeness (QED) is 0.460. The van der Waals surface area contributed by atoms with E-state index in [1.54, 1.807) is 6.20 Å². The SMILES string of the molecule is I.NC(=NCC1(c2ccc(F)cc2)CC1)Nc1ccccn1. The highest BCUT2D eigenvalue weighted by atomic mass is 127. The standard InChI is InChI=1S/C16H17FN4.HI/c17-13-6-4-12(5-7-13)16(8-9-16)11-20-15(18)21-14-3-1-2-10-19-14;/h1-7,10H,8-9,11H2,(H3,18,19,20,21);1H. The summed E-state index contributed by atoms with van der Waals surface area (Å²) < 4.78 is 13.0. The molecular formula is C16H18FIN4. The van der Waals surface area contributed by atoms with Gasteiger partial charge in [0.2, 0.25) is 0 Å². The van der Waals surface area contributed by atoms with E-state index < -0.39 is 0 Å². The highest BCUT2D eigenvalue weighted by Gasteiger charge is 2.44. The van der Waals surface area contributed by atoms with Crippen molar-refractivity contribution in [2.75, 3.05) is 11.9 Å². The lowest BCUT2D eigenvalue weighted by Crippen LogP contribution is -2.25. The smallest absolute Gasteiger partial charge is 0.194 e. The fourth-order valence-corrected chi connectivity index (χ4v) is 2.34. The molecule has 1 aromatic heterocycles. The third-order valence-corrected chi connectivity index (χ3v) is 3.78. The molecule has 22 heavy (non-hydrogen) atoms. The van der Waals surface area contributed by atoms with Crippen LogP contribution < -0.4 is 11.1 Å². The maximum Gasteiger partial charge on any atom is 0.194 e. The van der Waals surface area contributed by atoms with E-state index in [4.69, 9.17) is 5.73 Å². The van der Waals surface area contributed by atoms with E-state index >= 15 is 0 Å². The third kappa shape index (κ3) is 3.94. The van der Waals surface area contributed by atoms with E-state index in [1.807, 2.05) is 30.3 Å². The fourth-order valence-electron chi connectivity index (χ4n) is 2.34. The molecule has 1 aliphatic rings. The largest absolute Gasteiger partial charge is 0.370 e. The van der Waals surface area contributed by atoms with E-state index in [2.05, 4.69) is 15.3 Å². The molecule has 0 spiro atoms. The molecule has 0 aliphatic heterocycles. The number of rotatable bonds is 4. The zero-order valence-electron chi connectivity index (χ0n) is 12.0. The third-order valence-electron chi connectivity index (χ3n) is 3.78. The molecule has 4 nitrogen and oxygen atoms in total. The number of guanidine groups is 1. The van der Waals surface area contributed by atoms with Crippen LogP contribution in [0.5, 0.6) is 0 Å². The molecule has 3 rings (SSSR count). The van der Waals surface area contributed by atoms with Gasteiger partial charge in [-0.3, -0.25) is 4.99 Å². The summed E-state index contributed by atoms with van der Waals surface area (Å²) in [6.45, 7) is 0.601. The van der Waals surface area contributed by atoms with Gasteiger partial charge in [0.1, 0.15) is 11.6 Å². The molecule has 1 heterocycles. The Kier molecular flexibility index (Phi) is 5.33. The second-order valence-electron chi connectivity index (χ2n) is 5.33. The van der Waals surface area contributed by atoms with Crippen LogP contribution in [-0.4, -0.2) is 17.5 Å². The van der Waals surface area contributed by atoms with Crippen LogP contribution in [0.15, 0.2) is 53.7 Å². The van der Waals surface area contributed by atoms with Gasteiger partial charge in [-0.2, -0.15) is 0 Å². The van der Waals surface area contributed by atoms with E-state index in [9.17, 15) is 4.39 Å². The number of nitrogens with one attached hydrogen (secondary N) is 1. The summed E-state index contributed by atoms with van der Waals surface area (Å²) in [6, 6.07) is 12.2. The van der Waals surface area contributed by atoms with Gasteiger partial charge in [0.15, 0.2) is 5.96 Å². The van der Waals surface area contributed by atoms with Crippen molar-refractivity contribution in [3.63, 3.8) is 0 Å². The van der Waals surface area contributed by atoms with Crippen LogP contribution in [-0.2, 0) is 5.41 Å². The summed E-state index contributed by atoms with van der Waals surface area (Å²) in [6.07, 6.45) is 3.80. The Morgan fingerprint density at radius 1 is 1.23 bits per heavy atom. The van der Waals surface area contributed by atoms with Gasteiger partial charge in [-0.15, -0.1) is 24.0 Å². The van der Waals surface area contributed by atoms with E-state index in [1.165, 1.54) is 12.1 Å². The zero-order valence-corrected chi connectivity index (χ0v) is 14.3. The summed E-state index contributed by atoms with van der Waals surface area (Å²) in [5.41, 5.74) is 7.02. The maximum absolute atomic E-state index is 13.0. The molecule has 0 bridgehead atoms. The van der Waals surface area contributed by atoms with Crippen LogP contribution in [0.25, 0.3) is 0 Å². The van der Waals surface area contributed by atoms with Gasteiger partial charge in [-0.1, -0.05) is 18.2 Å². The minimum absolute atomic E-state index is 0. The number of nitrogens with two attached hydrogens (primary N) is 1. The maximum atomic E-state index is 13.0. The monoisotopic (exact) mass is 412 g/mol. The molecule has 3 N–H and O–H groups in total. The number of benzene rings is 1. The Hall–Kier alpha value is -1.70. The highest BCUT2D eigenvalue weighted by Crippen LogP contribution is 2.48. The first-order chi connectivity index (χ1) is 10.2. The molecule has 0 saturated heterocycles. The molecule has 1 aliphatic carbocycles. The lowest BCUT2D eigenvalue weighted by atomic mass is 9.96. The van der Waals surface area contributed by atoms with Crippen LogP contribution >= 0.6 is 24.0 Å². The number of pyridine rings is 1. The van der Waals surface area contributed by atoms with Crippen molar-refractivity contribution < 1.29 is 4.39 Å². The van der Waals surface area contributed by atoms with Crippen molar-refractivity contribution in [1.29, 1.82) is 0 Å². The summed E-state index contributed by atoms with van der Waals surface area (Å²) >= 11 is 0. The number of anilines is 1. The van der Waals surface area contributed by atoms with E-state index in [0.717, 1.165) is 18.4 Å². The van der Waals surface area contributed by atoms with Crippen molar-refractivity contribution in [1.82, 2.24) is 4.98 Å². The number of hydrogen-bond acceptors (Lipinski definition) is 2. The normalized spacial score (nSPS) is 15.8. The minimum Gasteiger partial charge on any atom is -0.370 e.